The average Bonchev–Trinajstić information content (AvgIpc) is 2.68. The fourth-order valence-electron chi connectivity index (χ4n) is 2.91. The van der Waals surface area contributed by atoms with Crippen molar-refractivity contribution in [3.8, 4) is 0 Å². The van der Waals surface area contributed by atoms with Gasteiger partial charge in [-0.15, -0.1) is 0 Å². The topological polar surface area (TPSA) is 102 Å². The number of benzene rings is 1. The van der Waals surface area contributed by atoms with Crippen LogP contribution in [0, 0.1) is 0 Å². The second-order valence-corrected chi connectivity index (χ2v) is 6.24. The number of aromatic nitrogens is 2. The number of carbonyl (C=O) groups excluding carboxylic acids is 3. The lowest BCUT2D eigenvalue weighted by molar-refractivity contribution is -0.153. The van der Waals surface area contributed by atoms with Gasteiger partial charge in [-0.1, -0.05) is 12.1 Å². The van der Waals surface area contributed by atoms with Gasteiger partial charge in [0.1, 0.15) is 6.54 Å². The fraction of sp³-hybridized carbons (Fsp3) is 0.389. The van der Waals surface area contributed by atoms with E-state index < -0.39 is 12.6 Å². The van der Waals surface area contributed by atoms with E-state index >= 15 is 0 Å². The molecular formula is C18H20N4O5. The molecule has 1 aliphatic heterocycles. The highest BCUT2D eigenvalue weighted by molar-refractivity contribution is 5.81. The number of hydrogen-bond donors (Lipinski definition) is 0. The molecule has 3 rings (SSSR count). The van der Waals surface area contributed by atoms with Crippen LogP contribution in [-0.2, 0) is 25.7 Å². The highest BCUT2D eigenvalue weighted by atomic mass is 16.5. The largest absolute Gasteiger partial charge is 0.454 e. The molecule has 0 N–H and O–H groups in total. The first-order valence-corrected chi connectivity index (χ1v) is 8.59. The number of esters is 1. The Bertz CT molecular complexity index is 931. The molecular weight excluding hydrogens is 352 g/mol. The molecule has 0 spiro atoms. The lowest BCUT2D eigenvalue weighted by Crippen LogP contribution is -2.51. The highest BCUT2D eigenvalue weighted by Crippen LogP contribution is 2.05. The minimum atomic E-state index is -0.690. The summed E-state index contributed by atoms with van der Waals surface area (Å²) in [6.45, 7) is 2.52. The number of ether oxygens (including phenoxy) is 1. The number of fused-ring (bicyclic) bond motifs is 1. The average molecular weight is 372 g/mol. The molecule has 0 aliphatic carbocycles. The Hall–Kier alpha value is -3.23. The Labute approximate surface area is 155 Å². The number of nitrogens with zero attached hydrogens (tertiary/aromatic N) is 4. The summed E-state index contributed by atoms with van der Waals surface area (Å²) in [5, 5.41) is 0.409. The van der Waals surface area contributed by atoms with Gasteiger partial charge in [-0.3, -0.25) is 23.7 Å². The molecule has 1 aromatic heterocycles. The summed E-state index contributed by atoms with van der Waals surface area (Å²) in [5.41, 5.74) is 0.205. The van der Waals surface area contributed by atoms with Gasteiger partial charge in [0.25, 0.3) is 11.5 Å². The zero-order chi connectivity index (χ0) is 19.4. The van der Waals surface area contributed by atoms with Gasteiger partial charge in [-0.25, -0.2) is 4.98 Å². The van der Waals surface area contributed by atoms with Crippen LogP contribution in [0.4, 0.5) is 0 Å². The lowest BCUT2D eigenvalue weighted by atomic mass is 10.2. The summed E-state index contributed by atoms with van der Waals surface area (Å²) >= 11 is 0. The molecule has 2 amide bonds. The van der Waals surface area contributed by atoms with Crippen molar-refractivity contribution >= 4 is 28.7 Å². The summed E-state index contributed by atoms with van der Waals surface area (Å²) in [6.07, 6.45) is 1.29. The molecule has 2 heterocycles. The summed E-state index contributed by atoms with van der Waals surface area (Å²) in [4.78, 5) is 55.1. The maximum absolute atomic E-state index is 12.3. The SMILES string of the molecule is CC(=O)N1CCN(C(=O)COC(=O)Cn2cnc3ccccc3c2=O)CC1. The number of rotatable bonds is 4. The summed E-state index contributed by atoms with van der Waals surface area (Å²) < 4.78 is 6.16. The maximum atomic E-state index is 12.3. The molecule has 0 unspecified atom stereocenters. The summed E-state index contributed by atoms with van der Waals surface area (Å²) in [7, 11) is 0. The van der Waals surface area contributed by atoms with E-state index in [1.165, 1.54) is 13.3 Å². The fourth-order valence-corrected chi connectivity index (χ4v) is 2.91. The third-order valence-corrected chi connectivity index (χ3v) is 4.47. The number of hydrogen-bond acceptors (Lipinski definition) is 6. The second kappa shape index (κ2) is 7.98. The molecule has 0 bridgehead atoms. The van der Waals surface area contributed by atoms with Gasteiger partial charge in [0.05, 0.1) is 17.2 Å². The molecule has 142 valence electrons. The van der Waals surface area contributed by atoms with Crippen molar-refractivity contribution in [1.82, 2.24) is 19.4 Å². The van der Waals surface area contributed by atoms with Gasteiger partial charge in [0.2, 0.25) is 5.91 Å². The molecule has 1 aromatic carbocycles. The van der Waals surface area contributed by atoms with Crippen molar-refractivity contribution in [2.75, 3.05) is 32.8 Å². The van der Waals surface area contributed by atoms with E-state index in [4.69, 9.17) is 4.74 Å². The summed E-state index contributed by atoms with van der Waals surface area (Å²) in [6, 6.07) is 6.84. The predicted octanol–water partition coefficient (Wildman–Crippen LogP) is -0.370. The Kier molecular flexibility index (Phi) is 5.49. The first kappa shape index (κ1) is 18.6. The first-order valence-electron chi connectivity index (χ1n) is 8.59. The number of para-hydroxylation sites is 1. The van der Waals surface area contributed by atoms with Gasteiger partial charge < -0.3 is 14.5 Å². The van der Waals surface area contributed by atoms with Crippen LogP contribution in [0.1, 0.15) is 6.92 Å². The van der Waals surface area contributed by atoms with E-state index in [0.717, 1.165) is 4.57 Å². The van der Waals surface area contributed by atoms with E-state index in [-0.39, 0.29) is 23.9 Å². The number of carbonyl (C=O) groups is 3. The molecule has 9 heteroatoms. The first-order chi connectivity index (χ1) is 13.0. The van der Waals surface area contributed by atoms with Crippen molar-refractivity contribution in [3.05, 3.63) is 40.9 Å². The standard InChI is InChI=1S/C18H20N4O5/c1-13(23)20-6-8-21(9-7-20)16(24)11-27-17(25)10-22-12-19-15-5-3-2-4-14(15)18(22)26/h2-5,12H,6-11H2,1H3. The van der Waals surface area contributed by atoms with E-state index in [1.807, 2.05) is 0 Å². The molecule has 1 fully saturated rings. The molecule has 9 nitrogen and oxygen atoms in total. The van der Waals surface area contributed by atoms with E-state index in [1.54, 1.807) is 34.1 Å². The molecule has 0 saturated carbocycles. The van der Waals surface area contributed by atoms with E-state index in [9.17, 15) is 19.2 Å². The Morgan fingerprint density at radius 1 is 1.07 bits per heavy atom. The van der Waals surface area contributed by atoms with Crippen molar-refractivity contribution in [2.24, 2.45) is 0 Å². The Balaban J connectivity index is 1.53. The number of piperazine rings is 1. The third-order valence-electron chi connectivity index (χ3n) is 4.47. The molecule has 1 saturated heterocycles. The van der Waals surface area contributed by atoms with E-state index in [0.29, 0.717) is 37.1 Å². The minimum Gasteiger partial charge on any atom is -0.454 e. The minimum absolute atomic E-state index is 0.0250. The normalized spacial score (nSPS) is 14.3. The molecule has 0 radical (unpaired) electrons. The predicted molar refractivity (Wildman–Crippen MR) is 95.8 cm³/mol. The Morgan fingerprint density at radius 3 is 2.44 bits per heavy atom. The van der Waals surface area contributed by atoms with Crippen LogP contribution in [0.2, 0.25) is 0 Å². The van der Waals surface area contributed by atoms with Crippen LogP contribution in [0.25, 0.3) is 10.9 Å². The quantitative estimate of drug-likeness (QED) is 0.679. The van der Waals surface area contributed by atoms with Crippen LogP contribution in [0.15, 0.2) is 35.4 Å². The zero-order valence-corrected chi connectivity index (χ0v) is 15.0. The molecule has 2 aromatic rings. The smallest absolute Gasteiger partial charge is 0.326 e. The van der Waals surface area contributed by atoms with Gasteiger partial charge >= 0.3 is 5.97 Å². The zero-order valence-electron chi connectivity index (χ0n) is 15.0. The Morgan fingerprint density at radius 2 is 1.74 bits per heavy atom. The molecule has 1 aliphatic rings. The van der Waals surface area contributed by atoms with Gasteiger partial charge in [-0.2, -0.15) is 0 Å². The van der Waals surface area contributed by atoms with Gasteiger partial charge in [0.15, 0.2) is 6.61 Å². The van der Waals surface area contributed by atoms with Crippen molar-refractivity contribution in [2.45, 2.75) is 13.5 Å². The summed E-state index contributed by atoms with van der Waals surface area (Å²) in [5.74, 6) is -1.04. The van der Waals surface area contributed by atoms with Crippen molar-refractivity contribution in [3.63, 3.8) is 0 Å². The lowest BCUT2D eigenvalue weighted by Gasteiger charge is -2.34. The number of amides is 2. The monoisotopic (exact) mass is 372 g/mol. The van der Waals surface area contributed by atoms with Gasteiger partial charge in [0, 0.05) is 33.1 Å². The molecule has 27 heavy (non-hydrogen) atoms. The van der Waals surface area contributed by atoms with Crippen molar-refractivity contribution in [1.29, 1.82) is 0 Å². The highest BCUT2D eigenvalue weighted by Gasteiger charge is 2.23. The van der Waals surface area contributed by atoms with E-state index in [2.05, 4.69) is 4.98 Å². The van der Waals surface area contributed by atoms with Gasteiger partial charge in [-0.05, 0) is 12.1 Å². The molecule has 0 atom stereocenters. The maximum Gasteiger partial charge on any atom is 0.326 e. The van der Waals surface area contributed by atoms with Crippen LogP contribution in [0.3, 0.4) is 0 Å². The van der Waals surface area contributed by atoms with Crippen molar-refractivity contribution < 1.29 is 19.1 Å². The third kappa shape index (κ3) is 4.30. The second-order valence-electron chi connectivity index (χ2n) is 6.24. The van der Waals surface area contributed by atoms with Crippen LogP contribution < -0.4 is 5.56 Å². The van der Waals surface area contributed by atoms with Crippen LogP contribution in [-0.4, -0.2) is 69.9 Å². The van der Waals surface area contributed by atoms with Crippen LogP contribution >= 0.6 is 0 Å². The van der Waals surface area contributed by atoms with Crippen LogP contribution in [0.5, 0.6) is 0 Å².